The number of rotatable bonds is 5. The maximum Gasteiger partial charge on any atom is 0.191 e. The zero-order valence-electron chi connectivity index (χ0n) is 15.1. The second-order valence-corrected chi connectivity index (χ2v) is 7.48. The first kappa shape index (κ1) is 19.6. The fourth-order valence-corrected chi connectivity index (χ4v) is 3.90. The fourth-order valence-electron chi connectivity index (χ4n) is 3.10. The highest BCUT2D eigenvalue weighted by Crippen LogP contribution is 2.33. The van der Waals surface area contributed by atoms with Gasteiger partial charge in [-0.2, -0.15) is 5.26 Å². The van der Waals surface area contributed by atoms with E-state index in [4.69, 9.17) is 15.7 Å². The zero-order chi connectivity index (χ0) is 20.5. The van der Waals surface area contributed by atoms with Gasteiger partial charge in [-0.05, 0) is 17.7 Å². The number of nitrogens with zero attached hydrogens (tertiary/aromatic N) is 5. The van der Waals surface area contributed by atoms with Crippen LogP contribution in [-0.4, -0.2) is 59.8 Å². The molecule has 150 valence electrons. The van der Waals surface area contributed by atoms with Crippen molar-refractivity contribution >= 4 is 28.7 Å². The maximum absolute atomic E-state index is 10.3. The van der Waals surface area contributed by atoms with Gasteiger partial charge in [0.2, 0.25) is 0 Å². The summed E-state index contributed by atoms with van der Waals surface area (Å²) in [5.74, 6) is 0.751. The second kappa shape index (κ2) is 7.94. The number of anilines is 1. The molecule has 0 bridgehead atoms. The van der Waals surface area contributed by atoms with Gasteiger partial charge in [0.1, 0.15) is 23.8 Å². The van der Waals surface area contributed by atoms with Gasteiger partial charge in [-0.1, -0.05) is 23.9 Å². The summed E-state index contributed by atoms with van der Waals surface area (Å²) >= 11 is 1.36. The molecule has 0 unspecified atom stereocenters. The summed E-state index contributed by atoms with van der Waals surface area (Å²) < 4.78 is 7.03. The number of fused-ring (bicyclic) bond motifs is 1. The molecule has 5 N–H and O–H groups in total. The Kier molecular flexibility index (Phi) is 5.35. The van der Waals surface area contributed by atoms with Crippen LogP contribution >= 0.6 is 11.8 Å². The van der Waals surface area contributed by atoms with Crippen molar-refractivity contribution in [3.8, 4) is 6.07 Å². The van der Waals surface area contributed by atoms with Crippen molar-refractivity contribution in [2.24, 2.45) is 0 Å². The van der Waals surface area contributed by atoms with E-state index in [2.05, 4.69) is 21.0 Å². The minimum Gasteiger partial charge on any atom is -0.394 e. The molecule has 3 heterocycles. The number of thioether (sulfide) groups is 1. The highest BCUT2D eigenvalue weighted by atomic mass is 32.2. The van der Waals surface area contributed by atoms with Crippen molar-refractivity contribution in [3.63, 3.8) is 0 Å². The lowest BCUT2D eigenvalue weighted by Crippen LogP contribution is -2.33. The number of aromatic nitrogens is 4. The molecule has 4 atom stereocenters. The van der Waals surface area contributed by atoms with Crippen LogP contribution in [-0.2, 0) is 10.5 Å². The van der Waals surface area contributed by atoms with E-state index in [1.807, 2.05) is 12.1 Å². The summed E-state index contributed by atoms with van der Waals surface area (Å²) in [6, 6.07) is 9.27. The minimum atomic E-state index is -1.25. The molecule has 0 radical (unpaired) electrons. The average Bonchev–Trinajstić information content (AvgIpc) is 3.28. The first-order valence-electron chi connectivity index (χ1n) is 8.76. The summed E-state index contributed by atoms with van der Waals surface area (Å²) in [5.41, 5.74) is 8.31. The Bertz CT molecular complexity index is 1070. The van der Waals surface area contributed by atoms with Crippen LogP contribution in [0.25, 0.3) is 11.2 Å². The summed E-state index contributed by atoms with van der Waals surface area (Å²) in [6.45, 7) is -0.426. The van der Waals surface area contributed by atoms with E-state index in [9.17, 15) is 15.3 Å². The van der Waals surface area contributed by atoms with Gasteiger partial charge < -0.3 is 25.8 Å². The first-order valence-corrected chi connectivity index (χ1v) is 9.74. The van der Waals surface area contributed by atoms with Gasteiger partial charge in [0.25, 0.3) is 0 Å². The summed E-state index contributed by atoms with van der Waals surface area (Å²) in [6.07, 6.45) is -2.94. The SMILES string of the molecule is N#Cc1ccc(CSc2nc(N)c3ncn([C@@H]4O[C@H](CO)[C@@H](O)[C@H]4O)c3n2)cc1. The van der Waals surface area contributed by atoms with Crippen LogP contribution in [0.15, 0.2) is 35.7 Å². The Morgan fingerprint density at radius 3 is 2.62 bits per heavy atom. The number of imidazole rings is 1. The minimum absolute atomic E-state index is 0.183. The third-order valence-corrected chi connectivity index (χ3v) is 5.59. The number of nitriles is 1. The van der Waals surface area contributed by atoms with Crippen LogP contribution < -0.4 is 5.73 Å². The molecule has 0 saturated carbocycles. The normalized spacial score (nSPS) is 24.1. The molecular formula is C18H18N6O4S. The van der Waals surface area contributed by atoms with Crippen molar-refractivity contribution in [1.29, 1.82) is 5.26 Å². The van der Waals surface area contributed by atoms with E-state index in [0.717, 1.165) is 5.56 Å². The lowest BCUT2D eigenvalue weighted by molar-refractivity contribution is -0.0511. The number of nitrogens with two attached hydrogens (primary N) is 1. The highest BCUT2D eigenvalue weighted by molar-refractivity contribution is 7.98. The molecular weight excluding hydrogens is 396 g/mol. The second-order valence-electron chi connectivity index (χ2n) is 6.54. The molecule has 29 heavy (non-hydrogen) atoms. The predicted molar refractivity (Wildman–Crippen MR) is 103 cm³/mol. The van der Waals surface area contributed by atoms with E-state index in [1.165, 1.54) is 22.7 Å². The molecule has 2 aromatic heterocycles. The molecule has 1 saturated heterocycles. The highest BCUT2D eigenvalue weighted by Gasteiger charge is 2.44. The number of ether oxygens (including phenoxy) is 1. The van der Waals surface area contributed by atoms with Crippen LogP contribution in [0, 0.1) is 11.3 Å². The van der Waals surface area contributed by atoms with E-state index in [1.54, 1.807) is 12.1 Å². The van der Waals surface area contributed by atoms with Crippen molar-refractivity contribution < 1.29 is 20.1 Å². The van der Waals surface area contributed by atoms with E-state index in [0.29, 0.717) is 27.6 Å². The Morgan fingerprint density at radius 2 is 1.97 bits per heavy atom. The number of hydrogen-bond donors (Lipinski definition) is 4. The summed E-state index contributed by atoms with van der Waals surface area (Å²) in [5, 5.41) is 38.9. The van der Waals surface area contributed by atoms with E-state index >= 15 is 0 Å². The summed E-state index contributed by atoms with van der Waals surface area (Å²) in [4.78, 5) is 12.9. The molecule has 1 aliphatic rings. The van der Waals surface area contributed by atoms with Crippen molar-refractivity contribution in [2.45, 2.75) is 35.4 Å². The summed E-state index contributed by atoms with van der Waals surface area (Å²) in [7, 11) is 0. The van der Waals surface area contributed by atoms with Gasteiger partial charge >= 0.3 is 0 Å². The number of nitrogen functional groups attached to an aromatic ring is 1. The van der Waals surface area contributed by atoms with Crippen molar-refractivity contribution in [3.05, 3.63) is 41.7 Å². The molecule has 1 aromatic carbocycles. The standard InChI is InChI=1S/C18H18N6O4S/c19-5-9-1-3-10(4-2-9)7-29-18-22-15(20)12-16(23-18)24(8-21-12)17-14(27)13(26)11(6-25)28-17/h1-4,8,11,13-14,17,25-27H,6-7H2,(H2,20,22,23)/t11-,13-,14-,17-/m1/s1. The van der Waals surface area contributed by atoms with Crippen LogP contribution in [0.5, 0.6) is 0 Å². The average molecular weight is 414 g/mol. The molecule has 0 amide bonds. The zero-order valence-corrected chi connectivity index (χ0v) is 15.9. The molecule has 0 spiro atoms. The number of hydrogen-bond acceptors (Lipinski definition) is 10. The van der Waals surface area contributed by atoms with Crippen molar-refractivity contribution in [1.82, 2.24) is 19.5 Å². The van der Waals surface area contributed by atoms with Gasteiger partial charge in [0.15, 0.2) is 22.8 Å². The van der Waals surface area contributed by atoms with Crippen LogP contribution in [0.1, 0.15) is 17.4 Å². The van der Waals surface area contributed by atoms with Crippen LogP contribution in [0.2, 0.25) is 0 Å². The van der Waals surface area contributed by atoms with Crippen molar-refractivity contribution in [2.75, 3.05) is 12.3 Å². The van der Waals surface area contributed by atoms with Gasteiger partial charge in [-0.15, -0.1) is 0 Å². The number of aliphatic hydroxyl groups excluding tert-OH is 3. The van der Waals surface area contributed by atoms with Gasteiger partial charge in [0.05, 0.1) is 24.6 Å². The Labute approximate surface area is 169 Å². The first-order chi connectivity index (χ1) is 14.0. The Morgan fingerprint density at radius 1 is 1.21 bits per heavy atom. The predicted octanol–water partition coefficient (Wildman–Crippen LogP) is 0.184. The molecule has 0 aliphatic carbocycles. The van der Waals surface area contributed by atoms with Gasteiger partial charge in [-0.3, -0.25) is 4.57 Å². The third kappa shape index (κ3) is 3.64. The number of aliphatic hydroxyl groups is 3. The lowest BCUT2D eigenvalue weighted by Gasteiger charge is -2.16. The van der Waals surface area contributed by atoms with Gasteiger partial charge in [0, 0.05) is 5.75 Å². The molecule has 1 fully saturated rings. The Hall–Kier alpha value is -2.75. The van der Waals surface area contributed by atoms with Crippen LogP contribution in [0.3, 0.4) is 0 Å². The topological polar surface area (TPSA) is 163 Å². The fraction of sp³-hybridized carbons (Fsp3) is 0.333. The maximum atomic E-state index is 10.3. The quantitative estimate of drug-likeness (QED) is 0.334. The molecule has 4 rings (SSSR count). The van der Waals surface area contributed by atoms with E-state index < -0.39 is 31.1 Å². The van der Waals surface area contributed by atoms with Crippen LogP contribution in [0.4, 0.5) is 5.82 Å². The third-order valence-electron chi connectivity index (χ3n) is 4.67. The molecule has 3 aromatic rings. The van der Waals surface area contributed by atoms with Gasteiger partial charge in [-0.25, -0.2) is 15.0 Å². The monoisotopic (exact) mass is 414 g/mol. The number of benzene rings is 1. The molecule has 1 aliphatic heterocycles. The molecule has 11 heteroatoms. The molecule has 10 nitrogen and oxygen atoms in total. The Balaban J connectivity index is 1.60. The lowest BCUT2D eigenvalue weighted by atomic mass is 10.1. The largest absolute Gasteiger partial charge is 0.394 e. The van der Waals surface area contributed by atoms with E-state index in [-0.39, 0.29) is 5.82 Å². The smallest absolute Gasteiger partial charge is 0.191 e.